The number of carbonyl (C=O) groups excluding carboxylic acids is 1. The quantitative estimate of drug-likeness (QED) is 0.305. The first-order valence-corrected chi connectivity index (χ1v) is 13.4. The van der Waals surface area contributed by atoms with E-state index in [-0.39, 0.29) is 11.9 Å². The van der Waals surface area contributed by atoms with Gasteiger partial charge in [-0.15, -0.1) is 4.68 Å². The molecule has 4 heterocycles. The van der Waals surface area contributed by atoms with Crippen LogP contribution in [0.2, 0.25) is 5.02 Å². The first-order chi connectivity index (χ1) is 19.0. The average Bonchev–Trinajstić information content (AvgIpc) is 3.30. The molecule has 0 bridgehead atoms. The van der Waals surface area contributed by atoms with Gasteiger partial charge in [-0.25, -0.2) is 0 Å². The van der Waals surface area contributed by atoms with Crippen LogP contribution in [0.4, 0.5) is 0 Å². The minimum absolute atomic E-state index is 0.0347. The van der Waals surface area contributed by atoms with Crippen LogP contribution in [0.3, 0.4) is 0 Å². The van der Waals surface area contributed by atoms with Gasteiger partial charge in [0, 0.05) is 53.3 Å². The van der Waals surface area contributed by atoms with E-state index in [1.54, 1.807) is 15.9 Å². The maximum atomic E-state index is 12.3. The number of hydrogen-bond donors (Lipinski definition) is 1. The van der Waals surface area contributed by atoms with Gasteiger partial charge in [0.2, 0.25) is 0 Å². The van der Waals surface area contributed by atoms with E-state index >= 15 is 0 Å². The Balaban J connectivity index is 1.20. The number of amides is 1. The van der Waals surface area contributed by atoms with Crippen molar-refractivity contribution < 1.29 is 9.48 Å². The topological polar surface area (TPSA) is 96.5 Å². The van der Waals surface area contributed by atoms with Gasteiger partial charge >= 0.3 is 0 Å². The fourth-order valence-corrected chi connectivity index (χ4v) is 5.51. The molecule has 1 fully saturated rings. The van der Waals surface area contributed by atoms with Crippen molar-refractivity contribution in [1.29, 1.82) is 0 Å². The lowest BCUT2D eigenvalue weighted by atomic mass is 10.0. The highest BCUT2D eigenvalue weighted by Gasteiger charge is 2.29. The SMILES string of the molecule is CN1Cc2cc(-c3cnn(C(CC4CC4)c4ccc(-c5cc(Cl)ccc5-[n+]5cnn[nH]5)cn4)c3)ccc2C1=O. The van der Waals surface area contributed by atoms with Gasteiger partial charge < -0.3 is 4.90 Å². The zero-order valence-corrected chi connectivity index (χ0v) is 22.1. The molecule has 2 aromatic carbocycles. The van der Waals surface area contributed by atoms with E-state index in [9.17, 15) is 4.79 Å². The van der Waals surface area contributed by atoms with E-state index in [1.807, 2.05) is 54.5 Å². The molecule has 0 spiro atoms. The highest BCUT2D eigenvalue weighted by molar-refractivity contribution is 6.31. The first-order valence-electron chi connectivity index (χ1n) is 13.0. The molecular formula is C29H26ClN8O+. The van der Waals surface area contributed by atoms with E-state index in [1.165, 1.54) is 12.8 Å². The Morgan fingerprint density at radius 1 is 1.05 bits per heavy atom. The van der Waals surface area contributed by atoms with Crippen LogP contribution in [0.1, 0.15) is 46.9 Å². The third-order valence-corrected chi connectivity index (χ3v) is 7.87. The molecule has 3 aromatic heterocycles. The molecule has 1 saturated carbocycles. The third-order valence-electron chi connectivity index (χ3n) is 7.63. The molecule has 1 amide bonds. The van der Waals surface area contributed by atoms with Crippen molar-refractivity contribution in [3.8, 4) is 27.9 Å². The van der Waals surface area contributed by atoms with Crippen molar-refractivity contribution in [2.24, 2.45) is 5.92 Å². The number of aromatic nitrogens is 7. The van der Waals surface area contributed by atoms with Crippen molar-refractivity contribution in [2.45, 2.75) is 31.8 Å². The molecule has 1 N–H and O–H groups in total. The third kappa shape index (κ3) is 4.48. The number of aromatic amines is 1. The second-order valence-corrected chi connectivity index (χ2v) is 10.8. The molecule has 39 heavy (non-hydrogen) atoms. The lowest BCUT2D eigenvalue weighted by molar-refractivity contribution is -0.659. The monoisotopic (exact) mass is 537 g/mol. The lowest BCUT2D eigenvalue weighted by Gasteiger charge is -2.17. The van der Waals surface area contributed by atoms with Crippen molar-refractivity contribution in [3.63, 3.8) is 0 Å². The average molecular weight is 538 g/mol. The predicted octanol–water partition coefficient (Wildman–Crippen LogP) is 4.64. The van der Waals surface area contributed by atoms with E-state index in [0.29, 0.717) is 17.5 Å². The van der Waals surface area contributed by atoms with Gasteiger partial charge in [0.15, 0.2) is 5.21 Å². The molecule has 9 nitrogen and oxygen atoms in total. The number of halogens is 1. The maximum Gasteiger partial charge on any atom is 0.293 e. The molecule has 0 radical (unpaired) electrons. The Kier molecular flexibility index (Phi) is 5.73. The Bertz CT molecular complexity index is 1670. The van der Waals surface area contributed by atoms with Crippen molar-refractivity contribution in [1.82, 2.24) is 35.2 Å². The summed E-state index contributed by atoms with van der Waals surface area (Å²) >= 11 is 6.35. The lowest BCUT2D eigenvalue weighted by Crippen LogP contribution is -2.32. The smallest absolute Gasteiger partial charge is 0.293 e. The van der Waals surface area contributed by atoms with Gasteiger partial charge in [-0.05, 0) is 59.9 Å². The summed E-state index contributed by atoms with van der Waals surface area (Å²) in [4.78, 5) is 19.0. The maximum absolute atomic E-state index is 12.3. The second kappa shape index (κ2) is 9.43. The normalized spacial score (nSPS) is 15.5. The van der Waals surface area contributed by atoms with Crippen molar-refractivity contribution in [3.05, 3.63) is 95.3 Å². The van der Waals surface area contributed by atoms with E-state index in [4.69, 9.17) is 21.7 Å². The summed E-state index contributed by atoms with van der Waals surface area (Å²) in [5, 5.41) is 16.0. The number of carbonyl (C=O) groups is 1. The number of nitrogens with zero attached hydrogens (tertiary/aromatic N) is 7. The number of pyridine rings is 1. The fraction of sp³-hybridized carbons (Fsp3) is 0.241. The van der Waals surface area contributed by atoms with Gasteiger partial charge in [0.25, 0.3) is 12.2 Å². The number of fused-ring (bicyclic) bond motifs is 1. The summed E-state index contributed by atoms with van der Waals surface area (Å²) in [6.45, 7) is 0.639. The Morgan fingerprint density at radius 2 is 1.92 bits per heavy atom. The van der Waals surface area contributed by atoms with Crippen LogP contribution < -0.4 is 4.68 Å². The first kappa shape index (κ1) is 23.7. The largest absolute Gasteiger partial charge is 0.337 e. The van der Waals surface area contributed by atoms with Crippen LogP contribution in [0.5, 0.6) is 0 Å². The standard InChI is InChI=1S/C29H25ClN8O/c1-36-15-21-11-19(4-7-24(21)29(36)39)22-14-33-37(16-22)28(10-18-2-3-18)26-8-5-20(13-31-26)25-12-23(30)6-9-27(25)38-17-32-34-35-38/h4-9,11-14,16-18,28H,2-3,10,15H2,1H3/p+1. The zero-order valence-electron chi connectivity index (χ0n) is 21.3. The molecular weight excluding hydrogens is 512 g/mol. The summed E-state index contributed by atoms with van der Waals surface area (Å²) in [5.41, 5.74) is 7.68. The summed E-state index contributed by atoms with van der Waals surface area (Å²) in [7, 11) is 1.83. The second-order valence-electron chi connectivity index (χ2n) is 10.4. The number of rotatable bonds is 7. The van der Waals surface area contributed by atoms with Gasteiger partial charge in [-0.1, -0.05) is 41.8 Å². The number of benzene rings is 2. The van der Waals surface area contributed by atoms with Crippen LogP contribution in [0.15, 0.2) is 73.4 Å². The van der Waals surface area contributed by atoms with Crippen molar-refractivity contribution in [2.75, 3.05) is 7.05 Å². The van der Waals surface area contributed by atoms with Gasteiger partial charge in [0.1, 0.15) is 10.8 Å². The van der Waals surface area contributed by atoms with Crippen LogP contribution in [-0.4, -0.2) is 48.1 Å². The molecule has 1 atom stereocenters. The molecule has 194 valence electrons. The molecule has 7 rings (SSSR count). The Morgan fingerprint density at radius 3 is 2.69 bits per heavy atom. The predicted molar refractivity (Wildman–Crippen MR) is 145 cm³/mol. The van der Waals surface area contributed by atoms with Crippen LogP contribution in [0, 0.1) is 5.92 Å². The Labute approximate surface area is 230 Å². The van der Waals surface area contributed by atoms with E-state index < -0.39 is 0 Å². The van der Waals surface area contributed by atoms with Crippen LogP contribution in [0.25, 0.3) is 27.9 Å². The number of tetrazole rings is 1. The van der Waals surface area contributed by atoms with Gasteiger partial charge in [0.05, 0.1) is 17.9 Å². The molecule has 10 heteroatoms. The van der Waals surface area contributed by atoms with E-state index in [2.05, 4.69) is 39.9 Å². The number of H-pyrrole nitrogens is 1. The number of hydrogen-bond acceptors (Lipinski definition) is 5. The molecule has 1 aliphatic heterocycles. The number of nitrogens with one attached hydrogen (secondary N) is 1. The van der Waals surface area contributed by atoms with Gasteiger partial charge in [-0.3, -0.25) is 14.5 Å². The molecule has 2 aliphatic rings. The van der Waals surface area contributed by atoms with Crippen LogP contribution >= 0.6 is 11.6 Å². The highest BCUT2D eigenvalue weighted by Crippen LogP contribution is 2.39. The molecule has 5 aromatic rings. The minimum Gasteiger partial charge on any atom is -0.337 e. The summed E-state index contributed by atoms with van der Waals surface area (Å²) < 4.78 is 3.78. The molecule has 1 unspecified atom stereocenters. The fourth-order valence-electron chi connectivity index (χ4n) is 5.34. The van der Waals surface area contributed by atoms with Crippen molar-refractivity contribution >= 4 is 17.5 Å². The van der Waals surface area contributed by atoms with E-state index in [0.717, 1.165) is 51.2 Å². The van der Waals surface area contributed by atoms with Gasteiger partial charge in [-0.2, -0.15) is 5.10 Å². The highest BCUT2D eigenvalue weighted by atomic mass is 35.5. The summed E-state index contributed by atoms with van der Waals surface area (Å²) in [6.07, 6.45) is 11.0. The summed E-state index contributed by atoms with van der Waals surface area (Å²) in [5.74, 6) is 0.769. The van der Waals surface area contributed by atoms with Crippen LogP contribution in [-0.2, 0) is 6.54 Å². The molecule has 1 aliphatic carbocycles. The summed E-state index contributed by atoms with van der Waals surface area (Å²) in [6, 6.07) is 15.9. The molecule has 0 saturated heterocycles. The Hall–Kier alpha value is -4.37. The minimum atomic E-state index is 0.0347. The zero-order chi connectivity index (χ0) is 26.5.